The molecule has 3 aromatic carbocycles. The van der Waals surface area contributed by atoms with Crippen molar-refractivity contribution in [2.24, 2.45) is 0 Å². The quantitative estimate of drug-likeness (QED) is 0.123. The summed E-state index contributed by atoms with van der Waals surface area (Å²) < 4.78 is 12.9. The van der Waals surface area contributed by atoms with Crippen LogP contribution in [0.2, 0.25) is 5.02 Å². The lowest BCUT2D eigenvalue weighted by Gasteiger charge is -2.16. The highest BCUT2D eigenvalue weighted by molar-refractivity contribution is 14.1. The van der Waals surface area contributed by atoms with Gasteiger partial charge >= 0.3 is 0 Å². The molecule has 0 aliphatic carbocycles. The molecule has 1 amide bonds. The molecule has 1 N–H and O–H groups in total. The van der Waals surface area contributed by atoms with Crippen LogP contribution in [0.1, 0.15) is 22.3 Å². The molecule has 7 heteroatoms. The third kappa shape index (κ3) is 6.87. The summed E-state index contributed by atoms with van der Waals surface area (Å²) in [5.74, 6) is 0.575. The molecule has 3 aromatic rings. The van der Waals surface area contributed by atoms with Crippen LogP contribution < -0.4 is 14.8 Å². The summed E-state index contributed by atoms with van der Waals surface area (Å²) in [4.78, 5) is 12.8. The lowest BCUT2D eigenvalue weighted by molar-refractivity contribution is -0.112. The summed E-state index contributed by atoms with van der Waals surface area (Å²) in [6, 6.07) is 18.9. The zero-order valence-corrected chi connectivity index (χ0v) is 22.3. The molecule has 0 radical (unpaired) electrons. The molecule has 0 aliphatic heterocycles. The van der Waals surface area contributed by atoms with E-state index < -0.39 is 5.91 Å². The Bertz CT molecular complexity index is 1310. The van der Waals surface area contributed by atoms with Gasteiger partial charge in [0.2, 0.25) is 0 Å². The summed E-state index contributed by atoms with van der Waals surface area (Å²) in [5.41, 5.74) is 3.72. The molecule has 0 heterocycles. The minimum atomic E-state index is -0.527. The van der Waals surface area contributed by atoms with Gasteiger partial charge in [-0.2, -0.15) is 5.26 Å². The van der Waals surface area contributed by atoms with Crippen LogP contribution in [0.3, 0.4) is 0 Å². The van der Waals surface area contributed by atoms with Gasteiger partial charge < -0.3 is 14.8 Å². The molecule has 5 nitrogen and oxygen atoms in total. The third-order valence-corrected chi connectivity index (χ3v) is 6.36. The first kappa shape index (κ1) is 26.3. The van der Waals surface area contributed by atoms with Crippen molar-refractivity contribution < 1.29 is 14.3 Å². The SMILES string of the molecule is C=CCc1cc(/C=C(\C#N)C(=O)Nc2cccc(Cl)c2C)cc(OC)c1OCc1ccc(I)cc1. The molecule has 0 saturated heterocycles. The molecule has 0 bridgehead atoms. The van der Waals surface area contributed by atoms with Crippen molar-refractivity contribution in [2.45, 2.75) is 20.0 Å². The number of hydrogen-bond acceptors (Lipinski definition) is 4. The highest BCUT2D eigenvalue weighted by Crippen LogP contribution is 2.35. The lowest BCUT2D eigenvalue weighted by Crippen LogP contribution is -2.14. The minimum Gasteiger partial charge on any atom is -0.493 e. The molecule has 0 atom stereocenters. The topological polar surface area (TPSA) is 71.4 Å². The summed E-state index contributed by atoms with van der Waals surface area (Å²) >= 11 is 8.40. The Balaban J connectivity index is 1.91. The number of ether oxygens (including phenoxy) is 2. The standard InChI is InChI=1S/C28H24ClIN2O3/c1-4-6-21-13-20(14-22(16-31)28(33)32-25-8-5-7-24(29)18(25)2)15-26(34-3)27(21)35-17-19-9-11-23(30)12-10-19/h4-5,7-15H,1,6,17H2,2-3H3,(H,32,33)/b22-14+. The third-order valence-electron chi connectivity index (χ3n) is 5.23. The highest BCUT2D eigenvalue weighted by Gasteiger charge is 2.16. The fourth-order valence-corrected chi connectivity index (χ4v) is 3.91. The number of benzene rings is 3. The number of halogens is 2. The van der Waals surface area contributed by atoms with Crippen molar-refractivity contribution in [1.82, 2.24) is 0 Å². The van der Waals surface area contributed by atoms with Gasteiger partial charge in [0.1, 0.15) is 18.2 Å². The average molecular weight is 599 g/mol. The summed E-state index contributed by atoms with van der Waals surface area (Å²) in [7, 11) is 1.55. The number of carbonyl (C=O) groups is 1. The average Bonchev–Trinajstić information content (AvgIpc) is 2.85. The smallest absolute Gasteiger partial charge is 0.266 e. The Labute approximate surface area is 224 Å². The van der Waals surface area contributed by atoms with E-state index in [-0.39, 0.29) is 5.57 Å². The number of methoxy groups -OCH3 is 1. The zero-order chi connectivity index (χ0) is 25.4. The molecule has 0 aliphatic rings. The van der Waals surface area contributed by atoms with Gasteiger partial charge in [-0.05, 0) is 95.1 Å². The number of allylic oxidation sites excluding steroid dienone is 1. The van der Waals surface area contributed by atoms with Crippen molar-refractivity contribution in [3.05, 3.63) is 104 Å². The van der Waals surface area contributed by atoms with Crippen LogP contribution in [0.4, 0.5) is 5.69 Å². The van der Waals surface area contributed by atoms with E-state index in [1.807, 2.05) is 36.4 Å². The number of anilines is 1. The lowest BCUT2D eigenvalue weighted by atomic mass is 10.0. The van der Waals surface area contributed by atoms with E-state index in [1.54, 1.807) is 44.4 Å². The van der Waals surface area contributed by atoms with Crippen molar-refractivity contribution in [2.75, 3.05) is 12.4 Å². The van der Waals surface area contributed by atoms with Crippen LogP contribution in [0, 0.1) is 21.8 Å². The second-order valence-electron chi connectivity index (χ2n) is 7.66. The Hall–Kier alpha value is -3.28. The summed E-state index contributed by atoms with van der Waals surface area (Å²) in [5, 5.41) is 13.0. The second kappa shape index (κ2) is 12.4. The fraction of sp³-hybridized carbons (Fsp3) is 0.143. The molecular weight excluding hydrogens is 575 g/mol. The molecule has 178 valence electrons. The summed E-state index contributed by atoms with van der Waals surface area (Å²) in [6.45, 7) is 6.01. The van der Waals surface area contributed by atoms with Gasteiger partial charge in [0.05, 0.1) is 7.11 Å². The van der Waals surface area contributed by atoms with Gasteiger partial charge in [0.25, 0.3) is 5.91 Å². The van der Waals surface area contributed by atoms with Crippen LogP contribution in [0.5, 0.6) is 11.5 Å². The van der Waals surface area contributed by atoms with Gasteiger partial charge in [-0.3, -0.25) is 4.79 Å². The molecule has 0 aromatic heterocycles. The first-order chi connectivity index (χ1) is 16.9. The van der Waals surface area contributed by atoms with E-state index in [0.717, 1.165) is 20.3 Å². The Morgan fingerprint density at radius 2 is 1.97 bits per heavy atom. The van der Waals surface area contributed by atoms with E-state index in [0.29, 0.717) is 40.8 Å². The van der Waals surface area contributed by atoms with Crippen molar-refractivity contribution in [3.8, 4) is 17.6 Å². The normalized spacial score (nSPS) is 10.9. The van der Waals surface area contributed by atoms with E-state index in [2.05, 4.69) is 34.5 Å². The largest absolute Gasteiger partial charge is 0.493 e. The number of nitrogens with one attached hydrogen (secondary N) is 1. The molecule has 0 unspecified atom stereocenters. The second-order valence-corrected chi connectivity index (χ2v) is 9.31. The number of rotatable bonds is 9. The number of nitriles is 1. The molecule has 0 fully saturated rings. The Morgan fingerprint density at radius 1 is 1.23 bits per heavy atom. The fourth-order valence-electron chi connectivity index (χ4n) is 3.37. The van der Waals surface area contributed by atoms with Crippen molar-refractivity contribution in [1.29, 1.82) is 5.26 Å². The minimum absolute atomic E-state index is 0.0523. The van der Waals surface area contributed by atoms with Crippen LogP contribution in [-0.4, -0.2) is 13.0 Å². The van der Waals surface area contributed by atoms with Crippen LogP contribution in [0.15, 0.2) is 72.8 Å². The van der Waals surface area contributed by atoms with Gasteiger partial charge in [-0.25, -0.2) is 0 Å². The Morgan fingerprint density at radius 3 is 2.63 bits per heavy atom. The predicted molar refractivity (Wildman–Crippen MR) is 149 cm³/mol. The number of hydrogen-bond donors (Lipinski definition) is 1. The number of amides is 1. The van der Waals surface area contributed by atoms with E-state index in [9.17, 15) is 10.1 Å². The van der Waals surface area contributed by atoms with Gasteiger partial charge in [0.15, 0.2) is 11.5 Å². The summed E-state index contributed by atoms with van der Waals surface area (Å²) in [6.07, 6.45) is 3.81. The predicted octanol–water partition coefficient (Wildman–Crippen LogP) is 7.11. The van der Waals surface area contributed by atoms with E-state index in [1.165, 1.54) is 6.08 Å². The maximum Gasteiger partial charge on any atom is 0.266 e. The molecule has 0 spiro atoms. The maximum atomic E-state index is 12.8. The van der Waals surface area contributed by atoms with Crippen LogP contribution in [0.25, 0.3) is 6.08 Å². The van der Waals surface area contributed by atoms with Crippen LogP contribution >= 0.6 is 34.2 Å². The molecule has 0 saturated carbocycles. The van der Waals surface area contributed by atoms with E-state index in [4.69, 9.17) is 21.1 Å². The first-order valence-corrected chi connectivity index (χ1v) is 12.2. The van der Waals surface area contributed by atoms with E-state index >= 15 is 0 Å². The molecule has 35 heavy (non-hydrogen) atoms. The molecular formula is C28H24ClIN2O3. The highest BCUT2D eigenvalue weighted by atomic mass is 127. The Kier molecular flexibility index (Phi) is 9.35. The monoisotopic (exact) mass is 598 g/mol. The van der Waals surface area contributed by atoms with Gasteiger partial charge in [0, 0.05) is 19.8 Å². The van der Waals surface area contributed by atoms with Crippen molar-refractivity contribution >= 4 is 51.9 Å². The number of nitrogens with zero attached hydrogens (tertiary/aromatic N) is 1. The zero-order valence-electron chi connectivity index (χ0n) is 19.4. The molecule has 3 rings (SSSR count). The first-order valence-electron chi connectivity index (χ1n) is 10.7. The van der Waals surface area contributed by atoms with Crippen molar-refractivity contribution in [3.63, 3.8) is 0 Å². The van der Waals surface area contributed by atoms with Gasteiger partial charge in [-0.1, -0.05) is 35.9 Å². The maximum absolute atomic E-state index is 12.8. The van der Waals surface area contributed by atoms with Gasteiger partial charge in [-0.15, -0.1) is 6.58 Å². The number of carbonyl (C=O) groups excluding carboxylic acids is 1. The van der Waals surface area contributed by atoms with Crippen LogP contribution in [-0.2, 0) is 17.8 Å².